The molecule has 1 rings (SSSR count). The molecule has 0 atom stereocenters. The van der Waals surface area contributed by atoms with Gasteiger partial charge in [-0.1, -0.05) is 20.8 Å². The Labute approximate surface area is 113 Å². The summed E-state index contributed by atoms with van der Waals surface area (Å²) in [6.45, 7) is 5.88. The number of hydrogen-bond donors (Lipinski definition) is 3. The standard InChI is InChI=1S/C14H22N2O3/c1-4-11-7-10(13(18)19)8-12(15-11)16-14(5-2,6-3)9-17/h7-8,17H,4-6,9H2,1-3H3,(H,15,16)(H,18,19). The molecule has 0 unspecified atom stereocenters. The highest BCUT2D eigenvalue weighted by atomic mass is 16.4. The first-order chi connectivity index (χ1) is 9.00. The number of aryl methyl sites for hydroxylation is 1. The van der Waals surface area contributed by atoms with E-state index >= 15 is 0 Å². The number of aromatic nitrogens is 1. The van der Waals surface area contributed by atoms with Crippen molar-refractivity contribution in [3.63, 3.8) is 0 Å². The molecule has 1 heterocycles. The zero-order valence-electron chi connectivity index (χ0n) is 11.7. The Hall–Kier alpha value is -1.62. The molecule has 1 aromatic rings. The Balaban J connectivity index is 3.12. The van der Waals surface area contributed by atoms with Gasteiger partial charge in [-0.25, -0.2) is 9.78 Å². The average Bonchev–Trinajstić information content (AvgIpc) is 2.44. The molecule has 0 aromatic carbocycles. The van der Waals surface area contributed by atoms with Crippen molar-refractivity contribution in [2.45, 2.75) is 45.6 Å². The fraction of sp³-hybridized carbons (Fsp3) is 0.571. The molecule has 0 aliphatic heterocycles. The van der Waals surface area contributed by atoms with Gasteiger partial charge < -0.3 is 15.5 Å². The van der Waals surface area contributed by atoms with Crippen LogP contribution in [0.3, 0.4) is 0 Å². The number of carboxylic acid groups (broad SMARTS) is 1. The molecule has 0 bridgehead atoms. The highest BCUT2D eigenvalue weighted by Gasteiger charge is 2.25. The van der Waals surface area contributed by atoms with Gasteiger partial charge in [0.1, 0.15) is 5.82 Å². The molecule has 3 N–H and O–H groups in total. The lowest BCUT2D eigenvalue weighted by Gasteiger charge is -2.31. The molecule has 5 nitrogen and oxygen atoms in total. The molecule has 0 amide bonds. The Bertz CT molecular complexity index is 434. The van der Waals surface area contributed by atoms with Gasteiger partial charge in [-0.05, 0) is 31.4 Å². The monoisotopic (exact) mass is 266 g/mol. The Morgan fingerprint density at radius 1 is 1.32 bits per heavy atom. The Kier molecular flexibility index (Phi) is 5.30. The lowest BCUT2D eigenvalue weighted by molar-refractivity contribution is 0.0696. The normalized spacial score (nSPS) is 11.4. The number of aromatic carboxylic acids is 1. The van der Waals surface area contributed by atoms with Crippen LogP contribution in [-0.2, 0) is 6.42 Å². The number of rotatable bonds is 7. The number of pyridine rings is 1. The Morgan fingerprint density at radius 2 is 1.95 bits per heavy atom. The zero-order chi connectivity index (χ0) is 14.5. The summed E-state index contributed by atoms with van der Waals surface area (Å²) in [7, 11) is 0. The van der Waals surface area contributed by atoms with Gasteiger partial charge in [0.15, 0.2) is 0 Å². The molecule has 1 aromatic heterocycles. The smallest absolute Gasteiger partial charge is 0.335 e. The van der Waals surface area contributed by atoms with E-state index < -0.39 is 11.5 Å². The van der Waals surface area contributed by atoms with Crippen molar-refractivity contribution in [3.8, 4) is 0 Å². The van der Waals surface area contributed by atoms with Gasteiger partial charge in [-0.3, -0.25) is 0 Å². The van der Waals surface area contributed by atoms with Gasteiger partial charge in [0.25, 0.3) is 0 Å². The van der Waals surface area contributed by atoms with Crippen LogP contribution in [0.5, 0.6) is 0 Å². The van der Waals surface area contributed by atoms with E-state index in [0.717, 1.165) is 18.5 Å². The molecule has 0 spiro atoms. The number of nitrogens with zero attached hydrogens (tertiary/aromatic N) is 1. The highest BCUT2D eigenvalue weighted by Crippen LogP contribution is 2.22. The second-order valence-electron chi connectivity index (χ2n) is 4.66. The summed E-state index contributed by atoms with van der Waals surface area (Å²) in [5.74, 6) is -0.461. The predicted molar refractivity (Wildman–Crippen MR) is 74.6 cm³/mol. The molecular formula is C14H22N2O3. The SMILES string of the molecule is CCc1cc(C(=O)O)cc(NC(CC)(CC)CO)n1. The van der Waals surface area contributed by atoms with Crippen molar-refractivity contribution in [2.24, 2.45) is 0 Å². The van der Waals surface area contributed by atoms with Gasteiger partial charge in [-0.2, -0.15) is 0 Å². The van der Waals surface area contributed by atoms with E-state index in [-0.39, 0.29) is 12.2 Å². The minimum absolute atomic E-state index is 0.0135. The van der Waals surface area contributed by atoms with Crippen molar-refractivity contribution >= 4 is 11.8 Å². The topological polar surface area (TPSA) is 82.5 Å². The average molecular weight is 266 g/mol. The fourth-order valence-corrected chi connectivity index (χ4v) is 1.92. The van der Waals surface area contributed by atoms with Crippen molar-refractivity contribution in [3.05, 3.63) is 23.4 Å². The number of carboxylic acids is 1. The summed E-state index contributed by atoms with van der Waals surface area (Å²) in [6, 6.07) is 3.09. The van der Waals surface area contributed by atoms with Crippen LogP contribution in [0.25, 0.3) is 0 Å². The number of carbonyl (C=O) groups is 1. The van der Waals surface area contributed by atoms with E-state index in [1.165, 1.54) is 6.07 Å². The second-order valence-corrected chi connectivity index (χ2v) is 4.66. The number of hydrogen-bond acceptors (Lipinski definition) is 4. The molecular weight excluding hydrogens is 244 g/mol. The van der Waals surface area contributed by atoms with Crippen LogP contribution in [0.4, 0.5) is 5.82 Å². The molecule has 0 radical (unpaired) electrons. The van der Waals surface area contributed by atoms with Crippen molar-refractivity contribution < 1.29 is 15.0 Å². The summed E-state index contributed by atoms with van der Waals surface area (Å²) >= 11 is 0. The molecule has 0 aliphatic rings. The molecule has 0 aliphatic carbocycles. The number of anilines is 1. The van der Waals surface area contributed by atoms with Crippen LogP contribution >= 0.6 is 0 Å². The van der Waals surface area contributed by atoms with E-state index in [0.29, 0.717) is 12.2 Å². The van der Waals surface area contributed by atoms with Gasteiger partial charge in [0.05, 0.1) is 17.7 Å². The number of nitrogens with one attached hydrogen (secondary N) is 1. The summed E-state index contributed by atoms with van der Waals surface area (Å²) in [5.41, 5.74) is 0.490. The second kappa shape index (κ2) is 6.52. The molecule has 5 heteroatoms. The molecule has 0 saturated carbocycles. The van der Waals surface area contributed by atoms with Crippen LogP contribution < -0.4 is 5.32 Å². The van der Waals surface area contributed by atoms with Crippen LogP contribution in [0, 0.1) is 0 Å². The molecule has 106 valence electrons. The lowest BCUT2D eigenvalue weighted by atomic mass is 9.94. The van der Waals surface area contributed by atoms with Crippen LogP contribution in [0.1, 0.15) is 49.7 Å². The lowest BCUT2D eigenvalue weighted by Crippen LogP contribution is -2.41. The Morgan fingerprint density at radius 3 is 2.37 bits per heavy atom. The zero-order valence-corrected chi connectivity index (χ0v) is 11.7. The third-order valence-corrected chi connectivity index (χ3v) is 3.54. The first-order valence-corrected chi connectivity index (χ1v) is 6.63. The molecule has 19 heavy (non-hydrogen) atoms. The summed E-state index contributed by atoms with van der Waals surface area (Å²) in [5, 5.41) is 21.8. The van der Waals surface area contributed by atoms with Crippen molar-refractivity contribution in [2.75, 3.05) is 11.9 Å². The predicted octanol–water partition coefficient (Wildman–Crippen LogP) is 2.31. The summed E-state index contributed by atoms with van der Waals surface area (Å²) in [4.78, 5) is 15.5. The third kappa shape index (κ3) is 3.67. The van der Waals surface area contributed by atoms with E-state index in [2.05, 4.69) is 10.3 Å². The summed E-state index contributed by atoms with van der Waals surface area (Å²) < 4.78 is 0. The van der Waals surface area contributed by atoms with Gasteiger partial charge in [0, 0.05) is 5.69 Å². The minimum atomic E-state index is -0.970. The summed E-state index contributed by atoms with van der Waals surface area (Å²) in [6.07, 6.45) is 2.14. The van der Waals surface area contributed by atoms with E-state index in [9.17, 15) is 9.90 Å². The van der Waals surface area contributed by atoms with Gasteiger partial charge in [0.2, 0.25) is 0 Å². The number of aliphatic hydroxyl groups is 1. The van der Waals surface area contributed by atoms with Gasteiger partial charge in [-0.15, -0.1) is 0 Å². The highest BCUT2D eigenvalue weighted by molar-refractivity contribution is 5.88. The van der Waals surface area contributed by atoms with Crippen LogP contribution in [0.2, 0.25) is 0 Å². The van der Waals surface area contributed by atoms with Crippen LogP contribution in [0.15, 0.2) is 12.1 Å². The first-order valence-electron chi connectivity index (χ1n) is 6.63. The third-order valence-electron chi connectivity index (χ3n) is 3.54. The van der Waals surface area contributed by atoms with E-state index in [1.54, 1.807) is 6.07 Å². The van der Waals surface area contributed by atoms with Crippen molar-refractivity contribution in [1.29, 1.82) is 0 Å². The van der Waals surface area contributed by atoms with Crippen LogP contribution in [-0.4, -0.2) is 33.3 Å². The largest absolute Gasteiger partial charge is 0.478 e. The fourth-order valence-electron chi connectivity index (χ4n) is 1.92. The number of aliphatic hydroxyl groups excluding tert-OH is 1. The quantitative estimate of drug-likeness (QED) is 0.705. The molecule has 0 saturated heterocycles. The maximum atomic E-state index is 11.1. The maximum Gasteiger partial charge on any atom is 0.335 e. The molecule has 0 fully saturated rings. The van der Waals surface area contributed by atoms with Crippen molar-refractivity contribution in [1.82, 2.24) is 4.98 Å². The van der Waals surface area contributed by atoms with Gasteiger partial charge >= 0.3 is 5.97 Å². The minimum Gasteiger partial charge on any atom is -0.478 e. The maximum absolute atomic E-state index is 11.1. The van der Waals surface area contributed by atoms with E-state index in [4.69, 9.17) is 5.11 Å². The van der Waals surface area contributed by atoms with E-state index in [1.807, 2.05) is 20.8 Å². The first kappa shape index (κ1) is 15.4.